The summed E-state index contributed by atoms with van der Waals surface area (Å²) in [5.41, 5.74) is 4.50. The molecule has 0 aromatic heterocycles. The minimum Gasteiger partial charge on any atom is -0.298 e. The molecule has 1 aromatic carbocycles. The zero-order chi connectivity index (χ0) is 14.6. The molecule has 0 saturated heterocycles. The van der Waals surface area contributed by atoms with E-state index < -0.39 is 0 Å². The molecule has 4 rings (SSSR count). The predicted molar refractivity (Wildman–Crippen MR) is 86.9 cm³/mol. The minimum absolute atomic E-state index is 0.226. The van der Waals surface area contributed by atoms with E-state index in [2.05, 4.69) is 49.4 Å². The lowest BCUT2D eigenvalue weighted by Gasteiger charge is -2.42. The van der Waals surface area contributed by atoms with Crippen LogP contribution in [-0.2, 0) is 0 Å². The van der Waals surface area contributed by atoms with E-state index in [9.17, 15) is 0 Å². The van der Waals surface area contributed by atoms with Crippen molar-refractivity contribution < 1.29 is 0 Å². The molecular formula is C19H16N2. The first-order valence-electron chi connectivity index (χ1n) is 7.19. The molecule has 2 unspecified atom stereocenters. The predicted octanol–water partition coefficient (Wildman–Crippen LogP) is 4.16. The lowest BCUT2D eigenvalue weighted by Crippen LogP contribution is -2.38. The SMILES string of the molecule is CC12C=CC=CC1C=CC1=C2C(=N)C(=N)c2ccccc21. The maximum absolute atomic E-state index is 8.52. The second-order valence-corrected chi connectivity index (χ2v) is 6.00. The number of benzene rings is 1. The minimum atomic E-state index is -0.226. The first-order chi connectivity index (χ1) is 10.1. The molecule has 102 valence electrons. The van der Waals surface area contributed by atoms with Crippen LogP contribution in [0.2, 0.25) is 0 Å². The molecular weight excluding hydrogens is 256 g/mol. The molecule has 0 aliphatic heterocycles. The van der Waals surface area contributed by atoms with Gasteiger partial charge in [0.2, 0.25) is 0 Å². The fourth-order valence-corrected chi connectivity index (χ4v) is 3.66. The van der Waals surface area contributed by atoms with Gasteiger partial charge < -0.3 is 0 Å². The third-order valence-electron chi connectivity index (χ3n) is 4.83. The molecule has 2 atom stereocenters. The Kier molecular flexibility index (Phi) is 2.35. The van der Waals surface area contributed by atoms with Crippen molar-refractivity contribution in [3.05, 3.63) is 77.4 Å². The molecule has 3 aliphatic rings. The Morgan fingerprint density at radius 3 is 2.52 bits per heavy atom. The Hall–Kier alpha value is -2.48. The number of allylic oxidation sites excluding steroid dienone is 8. The van der Waals surface area contributed by atoms with Crippen molar-refractivity contribution in [2.75, 3.05) is 0 Å². The average molecular weight is 272 g/mol. The molecule has 0 heterocycles. The van der Waals surface area contributed by atoms with E-state index in [1.165, 1.54) is 0 Å². The van der Waals surface area contributed by atoms with Crippen molar-refractivity contribution in [2.24, 2.45) is 11.3 Å². The highest BCUT2D eigenvalue weighted by atomic mass is 14.6. The fourth-order valence-electron chi connectivity index (χ4n) is 3.66. The molecule has 2 nitrogen and oxygen atoms in total. The van der Waals surface area contributed by atoms with Gasteiger partial charge in [-0.05, 0) is 16.7 Å². The Morgan fingerprint density at radius 1 is 0.952 bits per heavy atom. The van der Waals surface area contributed by atoms with Crippen LogP contribution in [0.3, 0.4) is 0 Å². The fraction of sp³-hybridized carbons (Fsp3) is 0.158. The molecule has 0 saturated carbocycles. The molecule has 0 bridgehead atoms. The van der Waals surface area contributed by atoms with Crippen LogP contribution < -0.4 is 0 Å². The van der Waals surface area contributed by atoms with E-state index in [-0.39, 0.29) is 11.3 Å². The van der Waals surface area contributed by atoms with Gasteiger partial charge in [0.15, 0.2) is 0 Å². The van der Waals surface area contributed by atoms with E-state index in [4.69, 9.17) is 10.8 Å². The zero-order valence-corrected chi connectivity index (χ0v) is 11.9. The molecule has 3 aliphatic carbocycles. The van der Waals surface area contributed by atoms with Crippen molar-refractivity contribution >= 4 is 17.0 Å². The van der Waals surface area contributed by atoms with Gasteiger partial charge in [0.1, 0.15) is 0 Å². The van der Waals surface area contributed by atoms with Gasteiger partial charge in [-0.1, -0.05) is 67.6 Å². The van der Waals surface area contributed by atoms with E-state index in [1.807, 2.05) is 18.2 Å². The maximum atomic E-state index is 8.52. The largest absolute Gasteiger partial charge is 0.298 e. The van der Waals surface area contributed by atoms with E-state index in [0.717, 1.165) is 22.3 Å². The van der Waals surface area contributed by atoms with Crippen molar-refractivity contribution in [3.8, 4) is 0 Å². The molecule has 1 aromatic rings. The second-order valence-electron chi connectivity index (χ2n) is 6.00. The van der Waals surface area contributed by atoms with Crippen molar-refractivity contribution in [3.63, 3.8) is 0 Å². The summed E-state index contributed by atoms with van der Waals surface area (Å²) in [4.78, 5) is 0. The summed E-state index contributed by atoms with van der Waals surface area (Å²) in [5.74, 6) is 0.264. The van der Waals surface area contributed by atoms with Gasteiger partial charge in [-0.15, -0.1) is 0 Å². The monoisotopic (exact) mass is 272 g/mol. The van der Waals surface area contributed by atoms with Crippen LogP contribution >= 0.6 is 0 Å². The van der Waals surface area contributed by atoms with Gasteiger partial charge in [-0.2, -0.15) is 0 Å². The first-order valence-corrected chi connectivity index (χ1v) is 7.19. The second kappa shape index (κ2) is 4.01. The molecule has 0 radical (unpaired) electrons. The maximum Gasteiger partial charge on any atom is 0.0871 e. The van der Waals surface area contributed by atoms with Crippen LogP contribution in [0.4, 0.5) is 0 Å². The quantitative estimate of drug-likeness (QED) is 0.712. The zero-order valence-electron chi connectivity index (χ0n) is 11.9. The summed E-state index contributed by atoms with van der Waals surface area (Å²) in [6, 6.07) is 7.94. The normalized spacial score (nSPS) is 29.3. The van der Waals surface area contributed by atoms with Gasteiger partial charge in [0.25, 0.3) is 0 Å². The standard InChI is InChI=1S/C19H16N2/c1-19-11-5-4-6-12(19)9-10-14-13-7-2-3-8-15(13)17(20)18(21)16(14)19/h2-12,20-21H,1H3. The van der Waals surface area contributed by atoms with Gasteiger partial charge in [0, 0.05) is 16.9 Å². The highest BCUT2D eigenvalue weighted by Crippen LogP contribution is 2.50. The first kappa shape index (κ1) is 12.3. The molecule has 21 heavy (non-hydrogen) atoms. The summed E-state index contributed by atoms with van der Waals surface area (Å²) in [7, 11) is 0. The molecule has 2 heteroatoms. The lowest BCUT2D eigenvalue weighted by atomic mass is 9.61. The third-order valence-corrected chi connectivity index (χ3v) is 4.83. The third kappa shape index (κ3) is 1.47. The van der Waals surface area contributed by atoms with Gasteiger partial charge in [-0.25, -0.2) is 0 Å². The van der Waals surface area contributed by atoms with Crippen molar-refractivity contribution in [1.82, 2.24) is 0 Å². The van der Waals surface area contributed by atoms with E-state index in [0.29, 0.717) is 11.4 Å². The van der Waals surface area contributed by atoms with E-state index in [1.54, 1.807) is 0 Å². The molecule has 0 amide bonds. The number of fused-ring (bicyclic) bond motifs is 4. The average Bonchev–Trinajstić information content (AvgIpc) is 2.51. The number of nitrogens with one attached hydrogen (secondary N) is 2. The van der Waals surface area contributed by atoms with E-state index >= 15 is 0 Å². The Bertz CT molecular complexity index is 805. The molecule has 0 fully saturated rings. The lowest BCUT2D eigenvalue weighted by molar-refractivity contribution is 0.439. The van der Waals surface area contributed by atoms with Gasteiger partial charge >= 0.3 is 0 Å². The highest BCUT2D eigenvalue weighted by Gasteiger charge is 2.43. The Labute approximate surface area is 124 Å². The summed E-state index contributed by atoms with van der Waals surface area (Å²) >= 11 is 0. The van der Waals surface area contributed by atoms with Crippen LogP contribution in [0.25, 0.3) is 5.57 Å². The Morgan fingerprint density at radius 2 is 1.71 bits per heavy atom. The van der Waals surface area contributed by atoms with Crippen LogP contribution in [-0.4, -0.2) is 11.4 Å². The van der Waals surface area contributed by atoms with Crippen LogP contribution in [0.1, 0.15) is 18.1 Å². The number of hydrogen-bond acceptors (Lipinski definition) is 2. The number of hydrogen-bond donors (Lipinski definition) is 2. The van der Waals surface area contributed by atoms with Crippen LogP contribution in [0.5, 0.6) is 0 Å². The summed E-state index contributed by atoms with van der Waals surface area (Å²) in [5, 5.41) is 16.9. The topological polar surface area (TPSA) is 47.7 Å². The highest BCUT2D eigenvalue weighted by molar-refractivity contribution is 6.55. The van der Waals surface area contributed by atoms with Crippen molar-refractivity contribution in [2.45, 2.75) is 6.92 Å². The van der Waals surface area contributed by atoms with Gasteiger partial charge in [0.05, 0.1) is 11.4 Å². The molecule has 0 spiro atoms. The Balaban J connectivity index is 2.05. The van der Waals surface area contributed by atoms with Crippen molar-refractivity contribution in [1.29, 1.82) is 10.8 Å². The summed E-state index contributed by atoms with van der Waals surface area (Å²) < 4.78 is 0. The van der Waals surface area contributed by atoms with Crippen LogP contribution in [0, 0.1) is 22.2 Å². The van der Waals surface area contributed by atoms with Crippen LogP contribution in [0.15, 0.2) is 66.3 Å². The summed E-state index contributed by atoms with van der Waals surface area (Å²) in [6.45, 7) is 2.17. The van der Waals surface area contributed by atoms with Gasteiger partial charge in [-0.3, -0.25) is 10.8 Å². The smallest absolute Gasteiger partial charge is 0.0871 e. The molecule has 2 N–H and O–H groups in total. The number of rotatable bonds is 0. The summed E-state index contributed by atoms with van der Waals surface area (Å²) in [6.07, 6.45) is 12.8.